The van der Waals surface area contributed by atoms with Gasteiger partial charge in [-0.15, -0.1) is 0 Å². The van der Waals surface area contributed by atoms with Crippen molar-refractivity contribution in [3.8, 4) is 0 Å². The topological polar surface area (TPSA) is 119 Å². The van der Waals surface area contributed by atoms with E-state index >= 15 is 0 Å². The summed E-state index contributed by atoms with van der Waals surface area (Å²) in [5.74, 6) is -2.60. The summed E-state index contributed by atoms with van der Waals surface area (Å²) < 4.78 is 4.87. The van der Waals surface area contributed by atoms with Crippen molar-refractivity contribution in [2.45, 2.75) is 12.8 Å². The van der Waals surface area contributed by atoms with E-state index in [2.05, 4.69) is 5.32 Å². The molecule has 146 valence electrons. The number of nitrogens with zero attached hydrogens (tertiary/aromatic N) is 1. The lowest BCUT2D eigenvalue weighted by molar-refractivity contribution is -0.152. The van der Waals surface area contributed by atoms with Crippen molar-refractivity contribution < 1.29 is 23.9 Å². The third kappa shape index (κ3) is 6.11. The van der Waals surface area contributed by atoms with E-state index in [-0.39, 0.29) is 23.0 Å². The summed E-state index contributed by atoms with van der Waals surface area (Å²) in [6.45, 7) is -0.194. The molecule has 1 aliphatic rings. The molecule has 27 heavy (non-hydrogen) atoms. The number of amides is 3. The van der Waals surface area contributed by atoms with Gasteiger partial charge in [0.05, 0.1) is 16.5 Å². The van der Waals surface area contributed by atoms with Gasteiger partial charge in [0.25, 0.3) is 11.8 Å². The maximum atomic E-state index is 12.1. The zero-order valence-corrected chi connectivity index (χ0v) is 15.9. The van der Waals surface area contributed by atoms with Crippen molar-refractivity contribution >= 4 is 46.9 Å². The highest BCUT2D eigenvalue weighted by Gasteiger charge is 2.27. The number of piperidine rings is 1. The van der Waals surface area contributed by atoms with Crippen LogP contribution in [0, 0.1) is 5.92 Å². The highest BCUT2D eigenvalue weighted by molar-refractivity contribution is 6.36. The molecule has 1 atom stereocenters. The zero-order chi connectivity index (χ0) is 20.0. The molecule has 0 unspecified atom stereocenters. The van der Waals surface area contributed by atoms with E-state index in [9.17, 15) is 19.2 Å². The Morgan fingerprint density at radius 3 is 2.67 bits per heavy atom. The molecule has 0 radical (unpaired) electrons. The summed E-state index contributed by atoms with van der Waals surface area (Å²) in [7, 11) is 0. The number of hydrogen-bond acceptors (Lipinski definition) is 5. The van der Waals surface area contributed by atoms with Gasteiger partial charge in [0.15, 0.2) is 6.61 Å². The number of ether oxygens (including phenoxy) is 1. The van der Waals surface area contributed by atoms with Crippen LogP contribution in [0.2, 0.25) is 10.0 Å². The smallest absolute Gasteiger partial charge is 0.325 e. The van der Waals surface area contributed by atoms with Gasteiger partial charge in [-0.25, -0.2) is 0 Å². The van der Waals surface area contributed by atoms with Gasteiger partial charge < -0.3 is 20.7 Å². The van der Waals surface area contributed by atoms with E-state index < -0.39 is 36.8 Å². The molecule has 0 aliphatic carbocycles. The van der Waals surface area contributed by atoms with Gasteiger partial charge in [0, 0.05) is 18.1 Å². The molecule has 1 heterocycles. The number of hydrogen-bond donors (Lipinski definition) is 2. The summed E-state index contributed by atoms with van der Waals surface area (Å²) in [5.41, 5.74) is 5.43. The predicted molar refractivity (Wildman–Crippen MR) is 98.3 cm³/mol. The fraction of sp³-hybridized carbons (Fsp3) is 0.412. The highest BCUT2D eigenvalue weighted by Crippen LogP contribution is 2.20. The van der Waals surface area contributed by atoms with Gasteiger partial charge in [0.1, 0.15) is 6.54 Å². The van der Waals surface area contributed by atoms with Crippen molar-refractivity contribution in [3.05, 3.63) is 33.8 Å². The minimum absolute atomic E-state index is 0.151. The van der Waals surface area contributed by atoms with Crippen LogP contribution in [0.5, 0.6) is 0 Å². The number of carbonyl (C=O) groups is 4. The fourth-order valence-electron chi connectivity index (χ4n) is 2.64. The third-order valence-corrected chi connectivity index (χ3v) is 4.65. The van der Waals surface area contributed by atoms with E-state index in [1.807, 2.05) is 0 Å². The summed E-state index contributed by atoms with van der Waals surface area (Å²) >= 11 is 11.7. The van der Waals surface area contributed by atoms with Crippen LogP contribution in [0.25, 0.3) is 0 Å². The largest absolute Gasteiger partial charge is 0.454 e. The van der Waals surface area contributed by atoms with Crippen LogP contribution in [0.3, 0.4) is 0 Å². The Hall–Kier alpha value is -2.32. The van der Waals surface area contributed by atoms with Gasteiger partial charge in [0.2, 0.25) is 5.91 Å². The van der Waals surface area contributed by atoms with Gasteiger partial charge in [-0.3, -0.25) is 19.2 Å². The number of carbonyl (C=O) groups excluding carboxylic acids is 4. The Balaban J connectivity index is 1.76. The third-order valence-electron chi connectivity index (χ3n) is 4.10. The maximum absolute atomic E-state index is 12.1. The molecule has 0 bridgehead atoms. The van der Waals surface area contributed by atoms with Crippen molar-refractivity contribution in [3.63, 3.8) is 0 Å². The Kier molecular flexibility index (Phi) is 7.44. The van der Waals surface area contributed by atoms with E-state index in [4.69, 9.17) is 33.7 Å². The lowest BCUT2D eigenvalue weighted by Gasteiger charge is -2.31. The van der Waals surface area contributed by atoms with E-state index in [1.165, 1.54) is 23.1 Å². The molecule has 10 heteroatoms. The van der Waals surface area contributed by atoms with Crippen molar-refractivity contribution in [1.82, 2.24) is 10.2 Å². The first-order chi connectivity index (χ1) is 12.8. The van der Waals surface area contributed by atoms with Crippen LogP contribution < -0.4 is 11.1 Å². The number of likely N-dealkylation sites (tertiary alicyclic amines) is 1. The molecule has 1 aliphatic heterocycles. The first-order valence-electron chi connectivity index (χ1n) is 8.24. The Bertz CT molecular complexity index is 756. The lowest BCUT2D eigenvalue weighted by atomic mass is 9.97. The summed E-state index contributed by atoms with van der Waals surface area (Å²) in [5, 5.41) is 2.89. The first kappa shape index (κ1) is 21.0. The van der Waals surface area contributed by atoms with Crippen LogP contribution in [0.4, 0.5) is 0 Å². The van der Waals surface area contributed by atoms with E-state index in [1.54, 1.807) is 0 Å². The Labute approximate surface area is 165 Å². The van der Waals surface area contributed by atoms with Crippen LogP contribution >= 0.6 is 23.2 Å². The molecule has 0 saturated carbocycles. The van der Waals surface area contributed by atoms with Gasteiger partial charge in [-0.2, -0.15) is 0 Å². The average Bonchev–Trinajstić information content (AvgIpc) is 2.64. The Morgan fingerprint density at radius 1 is 1.26 bits per heavy atom. The standard InChI is InChI=1S/C17H19Cl2N3O5/c18-11-3-4-12(13(19)6-11)17(26)21-7-15(24)27-9-14(23)22-5-1-2-10(8-22)16(20)25/h3-4,6,10H,1-2,5,7-9H2,(H2,20,25)(H,21,26)/t10-/m0/s1. The number of rotatable bonds is 6. The minimum Gasteiger partial charge on any atom is -0.454 e. The number of nitrogens with one attached hydrogen (secondary N) is 1. The number of primary amides is 1. The van der Waals surface area contributed by atoms with Gasteiger partial charge >= 0.3 is 5.97 Å². The molecule has 8 nitrogen and oxygen atoms in total. The molecule has 1 fully saturated rings. The fourth-order valence-corrected chi connectivity index (χ4v) is 3.14. The quantitative estimate of drug-likeness (QED) is 0.671. The summed E-state index contributed by atoms with van der Waals surface area (Å²) in [6.07, 6.45) is 1.30. The van der Waals surface area contributed by atoms with Crippen LogP contribution in [-0.2, 0) is 19.1 Å². The normalized spacial score (nSPS) is 16.5. The molecule has 1 saturated heterocycles. The second-order valence-corrected chi connectivity index (χ2v) is 6.89. The molecular weight excluding hydrogens is 397 g/mol. The summed E-state index contributed by atoms with van der Waals surface area (Å²) in [4.78, 5) is 48.5. The van der Waals surface area contributed by atoms with E-state index in [0.29, 0.717) is 24.4 Å². The molecule has 1 aromatic carbocycles. The first-order valence-corrected chi connectivity index (χ1v) is 8.99. The lowest BCUT2D eigenvalue weighted by Crippen LogP contribution is -2.45. The number of nitrogens with two attached hydrogens (primary N) is 1. The second kappa shape index (κ2) is 9.57. The number of halogens is 2. The maximum Gasteiger partial charge on any atom is 0.325 e. The van der Waals surface area contributed by atoms with Crippen molar-refractivity contribution in [1.29, 1.82) is 0 Å². The van der Waals surface area contributed by atoms with Crippen molar-refractivity contribution in [2.75, 3.05) is 26.2 Å². The van der Waals surface area contributed by atoms with Gasteiger partial charge in [-0.1, -0.05) is 23.2 Å². The zero-order valence-electron chi connectivity index (χ0n) is 14.4. The minimum atomic E-state index is -0.773. The second-order valence-electron chi connectivity index (χ2n) is 6.05. The van der Waals surface area contributed by atoms with Crippen LogP contribution in [0.15, 0.2) is 18.2 Å². The molecule has 3 N–H and O–H groups in total. The molecular formula is C17H19Cl2N3O5. The number of benzene rings is 1. The SMILES string of the molecule is NC(=O)[C@H]1CCCN(C(=O)COC(=O)CNC(=O)c2ccc(Cl)cc2Cl)C1. The van der Waals surface area contributed by atoms with Crippen molar-refractivity contribution in [2.24, 2.45) is 11.7 Å². The summed E-state index contributed by atoms with van der Waals surface area (Å²) in [6, 6.07) is 4.34. The predicted octanol–water partition coefficient (Wildman–Crippen LogP) is 0.990. The molecule has 1 aromatic rings. The van der Waals surface area contributed by atoms with Crippen LogP contribution in [-0.4, -0.2) is 54.8 Å². The molecule has 0 aromatic heterocycles. The highest BCUT2D eigenvalue weighted by atomic mass is 35.5. The van der Waals surface area contributed by atoms with Crippen LogP contribution in [0.1, 0.15) is 23.2 Å². The molecule has 0 spiro atoms. The van der Waals surface area contributed by atoms with E-state index in [0.717, 1.165) is 0 Å². The molecule has 2 rings (SSSR count). The van der Waals surface area contributed by atoms with Gasteiger partial charge in [-0.05, 0) is 31.0 Å². The Morgan fingerprint density at radius 2 is 2.00 bits per heavy atom. The average molecular weight is 416 g/mol. The molecule has 3 amide bonds. The monoisotopic (exact) mass is 415 g/mol. The number of esters is 1.